The van der Waals surface area contributed by atoms with Gasteiger partial charge in [-0.3, -0.25) is 0 Å². The number of nitrogens with one attached hydrogen (secondary N) is 2. The maximum absolute atomic E-state index is 11.3. The lowest BCUT2D eigenvalue weighted by atomic mass is 10.2. The summed E-state index contributed by atoms with van der Waals surface area (Å²) < 4.78 is 10.1. The number of carbonyl (C=O) groups is 1. The van der Waals surface area contributed by atoms with Crippen molar-refractivity contribution < 1.29 is 14.3 Å². The van der Waals surface area contributed by atoms with Crippen LogP contribution in [0.25, 0.3) is 0 Å². The smallest absolute Gasteiger partial charge is 0.337 e. The Morgan fingerprint density at radius 1 is 1.45 bits per heavy atom. The van der Waals surface area contributed by atoms with Crippen LogP contribution in [0.15, 0.2) is 24.3 Å². The number of carbonyl (C=O) groups excluding carboxylic acids is 1. The van der Waals surface area contributed by atoms with Crippen LogP contribution in [0, 0.1) is 0 Å². The van der Waals surface area contributed by atoms with Gasteiger partial charge in [0.25, 0.3) is 0 Å². The van der Waals surface area contributed by atoms with E-state index in [2.05, 4.69) is 15.4 Å². The third-order valence-electron chi connectivity index (χ3n) is 3.08. The number of esters is 1. The molecule has 0 amide bonds. The molecule has 2 rings (SSSR count). The van der Waals surface area contributed by atoms with Crippen LogP contribution in [-0.4, -0.2) is 37.4 Å². The van der Waals surface area contributed by atoms with Gasteiger partial charge < -0.3 is 20.1 Å². The molecule has 1 heterocycles. The summed E-state index contributed by atoms with van der Waals surface area (Å²) in [4.78, 5) is 11.3. The highest BCUT2D eigenvalue weighted by Gasteiger charge is 2.15. The quantitative estimate of drug-likeness (QED) is 0.654. The Balaban J connectivity index is 1.80. The molecule has 0 aromatic heterocycles. The summed E-state index contributed by atoms with van der Waals surface area (Å²) in [7, 11) is 1.36. The Morgan fingerprint density at radius 3 is 2.80 bits per heavy atom. The van der Waals surface area contributed by atoms with Crippen LogP contribution < -0.4 is 10.6 Å². The zero-order valence-corrected chi connectivity index (χ0v) is 12.2. The second kappa shape index (κ2) is 7.21. The average molecular weight is 294 g/mol. The van der Waals surface area contributed by atoms with Crippen molar-refractivity contribution in [3.05, 3.63) is 29.8 Å². The van der Waals surface area contributed by atoms with E-state index in [1.54, 1.807) is 24.3 Å². The van der Waals surface area contributed by atoms with E-state index in [0.717, 1.165) is 25.1 Å². The SMILES string of the molecule is COC(=O)c1ccc(NC(=S)NC[C@H]2CCCO2)cc1. The topological polar surface area (TPSA) is 59.6 Å². The number of benzene rings is 1. The zero-order chi connectivity index (χ0) is 14.4. The minimum absolute atomic E-state index is 0.247. The minimum atomic E-state index is -0.351. The zero-order valence-electron chi connectivity index (χ0n) is 11.3. The van der Waals surface area contributed by atoms with Gasteiger partial charge in [0.05, 0.1) is 18.8 Å². The number of hydrogen-bond acceptors (Lipinski definition) is 4. The first-order valence-electron chi connectivity index (χ1n) is 6.54. The highest BCUT2D eigenvalue weighted by atomic mass is 32.1. The molecule has 1 aromatic rings. The summed E-state index contributed by atoms with van der Waals surface area (Å²) in [5.41, 5.74) is 1.33. The summed E-state index contributed by atoms with van der Waals surface area (Å²) in [6, 6.07) is 6.95. The summed E-state index contributed by atoms with van der Waals surface area (Å²) in [6.45, 7) is 1.55. The van der Waals surface area contributed by atoms with Crippen LogP contribution in [0.4, 0.5) is 5.69 Å². The van der Waals surface area contributed by atoms with Crippen molar-refractivity contribution in [3.8, 4) is 0 Å². The van der Waals surface area contributed by atoms with E-state index in [-0.39, 0.29) is 12.1 Å². The highest BCUT2D eigenvalue weighted by Crippen LogP contribution is 2.12. The molecule has 1 aliphatic heterocycles. The van der Waals surface area contributed by atoms with E-state index in [1.807, 2.05) is 0 Å². The molecule has 20 heavy (non-hydrogen) atoms. The molecule has 1 saturated heterocycles. The Hall–Kier alpha value is -1.66. The fraction of sp³-hybridized carbons (Fsp3) is 0.429. The van der Waals surface area contributed by atoms with Crippen LogP contribution in [0.2, 0.25) is 0 Å². The Bertz CT molecular complexity index is 470. The van der Waals surface area contributed by atoms with Crippen molar-refractivity contribution >= 4 is 29.0 Å². The lowest BCUT2D eigenvalue weighted by Gasteiger charge is -2.14. The molecule has 0 unspecified atom stereocenters. The number of rotatable bonds is 4. The Kier molecular flexibility index (Phi) is 5.31. The molecule has 5 nitrogen and oxygen atoms in total. The van der Waals surface area contributed by atoms with Crippen molar-refractivity contribution in [2.75, 3.05) is 25.6 Å². The third-order valence-corrected chi connectivity index (χ3v) is 3.32. The van der Waals surface area contributed by atoms with Crippen molar-refractivity contribution in [2.45, 2.75) is 18.9 Å². The number of ether oxygens (including phenoxy) is 2. The van der Waals surface area contributed by atoms with Gasteiger partial charge in [-0.2, -0.15) is 0 Å². The first-order chi connectivity index (χ1) is 9.69. The monoisotopic (exact) mass is 294 g/mol. The first kappa shape index (κ1) is 14.7. The standard InChI is InChI=1S/C14H18N2O3S/c1-18-13(17)10-4-6-11(7-5-10)16-14(20)15-9-12-3-2-8-19-12/h4-7,12H,2-3,8-9H2,1H3,(H2,15,16,20)/t12-/m1/s1. The lowest BCUT2D eigenvalue weighted by molar-refractivity contribution is 0.0601. The van der Waals surface area contributed by atoms with Gasteiger partial charge in [-0.05, 0) is 49.3 Å². The van der Waals surface area contributed by atoms with Crippen LogP contribution in [0.5, 0.6) is 0 Å². The fourth-order valence-electron chi connectivity index (χ4n) is 1.99. The molecular formula is C14H18N2O3S. The van der Waals surface area contributed by atoms with Gasteiger partial charge in [0.15, 0.2) is 5.11 Å². The molecule has 2 N–H and O–H groups in total. The van der Waals surface area contributed by atoms with Gasteiger partial charge in [-0.1, -0.05) is 0 Å². The molecule has 108 valence electrons. The predicted octanol–water partition coefficient (Wildman–Crippen LogP) is 1.94. The number of thiocarbonyl (C=S) groups is 1. The molecule has 0 radical (unpaired) electrons. The number of hydrogen-bond donors (Lipinski definition) is 2. The van der Waals surface area contributed by atoms with Crippen LogP contribution in [0.1, 0.15) is 23.2 Å². The van der Waals surface area contributed by atoms with Crippen LogP contribution in [0.3, 0.4) is 0 Å². The molecule has 6 heteroatoms. The predicted molar refractivity (Wildman–Crippen MR) is 81.0 cm³/mol. The molecule has 1 fully saturated rings. The molecule has 1 aromatic carbocycles. The largest absolute Gasteiger partial charge is 0.465 e. The first-order valence-corrected chi connectivity index (χ1v) is 6.94. The van der Waals surface area contributed by atoms with Gasteiger partial charge in [0.2, 0.25) is 0 Å². The van der Waals surface area contributed by atoms with Crippen molar-refractivity contribution in [3.63, 3.8) is 0 Å². The van der Waals surface area contributed by atoms with Gasteiger partial charge in [0, 0.05) is 18.8 Å². The maximum atomic E-state index is 11.3. The maximum Gasteiger partial charge on any atom is 0.337 e. The second-order valence-electron chi connectivity index (χ2n) is 4.54. The van der Waals surface area contributed by atoms with E-state index in [1.165, 1.54) is 7.11 Å². The molecule has 0 aliphatic carbocycles. The summed E-state index contributed by atoms with van der Waals surface area (Å²) in [5.74, 6) is -0.351. The minimum Gasteiger partial charge on any atom is -0.465 e. The van der Waals surface area contributed by atoms with Crippen molar-refractivity contribution in [1.82, 2.24) is 5.32 Å². The molecular weight excluding hydrogens is 276 g/mol. The van der Waals surface area contributed by atoms with Gasteiger partial charge in [0.1, 0.15) is 0 Å². The van der Waals surface area contributed by atoms with Crippen molar-refractivity contribution in [2.24, 2.45) is 0 Å². The Labute approximate surface area is 123 Å². The number of anilines is 1. The summed E-state index contributed by atoms with van der Waals surface area (Å²) in [6.07, 6.45) is 2.43. The molecule has 0 bridgehead atoms. The molecule has 1 atom stereocenters. The summed E-state index contributed by atoms with van der Waals surface area (Å²) in [5, 5.41) is 6.74. The average Bonchev–Trinajstić information content (AvgIpc) is 2.98. The van der Waals surface area contributed by atoms with E-state index in [4.69, 9.17) is 17.0 Å². The fourth-order valence-corrected chi connectivity index (χ4v) is 2.20. The van der Waals surface area contributed by atoms with Gasteiger partial charge in [-0.25, -0.2) is 4.79 Å². The van der Waals surface area contributed by atoms with E-state index >= 15 is 0 Å². The normalized spacial score (nSPS) is 17.6. The second-order valence-corrected chi connectivity index (χ2v) is 4.95. The van der Waals surface area contributed by atoms with E-state index < -0.39 is 0 Å². The summed E-state index contributed by atoms with van der Waals surface area (Å²) >= 11 is 5.21. The highest BCUT2D eigenvalue weighted by molar-refractivity contribution is 7.80. The van der Waals surface area contributed by atoms with Crippen LogP contribution in [-0.2, 0) is 9.47 Å². The molecule has 0 saturated carbocycles. The lowest BCUT2D eigenvalue weighted by Crippen LogP contribution is -2.34. The third kappa shape index (κ3) is 4.18. The van der Waals surface area contributed by atoms with E-state index in [9.17, 15) is 4.79 Å². The van der Waals surface area contributed by atoms with Crippen LogP contribution >= 0.6 is 12.2 Å². The van der Waals surface area contributed by atoms with Gasteiger partial charge >= 0.3 is 5.97 Å². The Morgan fingerprint density at radius 2 is 2.20 bits per heavy atom. The van der Waals surface area contributed by atoms with E-state index in [0.29, 0.717) is 17.2 Å². The molecule has 0 spiro atoms. The number of methoxy groups -OCH3 is 1. The van der Waals surface area contributed by atoms with Crippen molar-refractivity contribution in [1.29, 1.82) is 0 Å². The van der Waals surface area contributed by atoms with Gasteiger partial charge in [-0.15, -0.1) is 0 Å². The molecule has 1 aliphatic rings.